The van der Waals surface area contributed by atoms with Crippen LogP contribution in [0.4, 0.5) is 10.1 Å². The summed E-state index contributed by atoms with van der Waals surface area (Å²) in [5.41, 5.74) is -0.205. The summed E-state index contributed by atoms with van der Waals surface area (Å²) in [4.78, 5) is 28.2. The van der Waals surface area contributed by atoms with E-state index in [0.29, 0.717) is 17.4 Å². The highest BCUT2D eigenvalue weighted by molar-refractivity contribution is 7.92. The zero-order valence-electron chi connectivity index (χ0n) is 23.7. The molecule has 8 nitrogen and oxygen atoms in total. The fourth-order valence-electron chi connectivity index (χ4n) is 4.00. The van der Waals surface area contributed by atoms with Crippen molar-refractivity contribution in [3.8, 4) is 5.75 Å². The number of nitrogens with one attached hydrogen (secondary N) is 1. The van der Waals surface area contributed by atoms with Gasteiger partial charge in [-0.2, -0.15) is 0 Å². The molecule has 0 aromatic heterocycles. The van der Waals surface area contributed by atoms with Gasteiger partial charge in [0, 0.05) is 22.7 Å². The van der Waals surface area contributed by atoms with Crippen LogP contribution in [-0.2, 0) is 26.2 Å². The maximum Gasteiger partial charge on any atom is 0.264 e. The molecule has 0 bridgehead atoms. The Morgan fingerprint density at radius 3 is 2.17 bits per heavy atom. The van der Waals surface area contributed by atoms with Gasteiger partial charge in [0.25, 0.3) is 10.0 Å². The van der Waals surface area contributed by atoms with Crippen LogP contribution in [0.1, 0.15) is 40.2 Å². The number of halogens is 2. The van der Waals surface area contributed by atoms with E-state index in [0.717, 1.165) is 4.31 Å². The number of carbonyl (C=O) groups excluding carboxylic acids is 2. The molecule has 0 saturated heterocycles. The highest BCUT2D eigenvalue weighted by Gasteiger charge is 2.33. The van der Waals surface area contributed by atoms with Gasteiger partial charge in [-0.05, 0) is 89.2 Å². The quantitative estimate of drug-likeness (QED) is 0.316. The van der Waals surface area contributed by atoms with Gasteiger partial charge in [-0.15, -0.1) is 0 Å². The average molecular weight is 604 g/mol. The first-order chi connectivity index (χ1) is 19.2. The van der Waals surface area contributed by atoms with Gasteiger partial charge in [0.05, 0.1) is 17.2 Å². The van der Waals surface area contributed by atoms with Crippen LogP contribution >= 0.6 is 11.6 Å². The van der Waals surface area contributed by atoms with Gasteiger partial charge in [0.2, 0.25) is 11.8 Å². The molecule has 3 aromatic rings. The third kappa shape index (κ3) is 8.43. The first-order valence-corrected chi connectivity index (χ1v) is 14.9. The minimum atomic E-state index is -4.27. The van der Waals surface area contributed by atoms with Crippen LogP contribution in [0.2, 0.25) is 5.02 Å². The summed E-state index contributed by atoms with van der Waals surface area (Å²) in [5, 5.41) is 3.18. The van der Waals surface area contributed by atoms with Crippen molar-refractivity contribution in [2.75, 3.05) is 17.5 Å². The van der Waals surface area contributed by atoms with Crippen LogP contribution in [0.3, 0.4) is 0 Å². The van der Waals surface area contributed by atoms with Crippen LogP contribution in [0.15, 0.2) is 77.7 Å². The largest absolute Gasteiger partial charge is 0.494 e. The topological polar surface area (TPSA) is 96.0 Å². The van der Waals surface area contributed by atoms with E-state index in [-0.39, 0.29) is 22.7 Å². The molecule has 220 valence electrons. The van der Waals surface area contributed by atoms with Gasteiger partial charge >= 0.3 is 0 Å². The molecule has 0 radical (unpaired) electrons. The van der Waals surface area contributed by atoms with E-state index in [1.807, 2.05) is 6.92 Å². The van der Waals surface area contributed by atoms with E-state index in [9.17, 15) is 22.4 Å². The van der Waals surface area contributed by atoms with Crippen molar-refractivity contribution in [2.24, 2.45) is 0 Å². The zero-order valence-corrected chi connectivity index (χ0v) is 25.3. The Kier molecular flexibility index (Phi) is 10.4. The third-order valence-electron chi connectivity index (χ3n) is 6.08. The van der Waals surface area contributed by atoms with E-state index >= 15 is 0 Å². The van der Waals surface area contributed by atoms with Crippen molar-refractivity contribution in [2.45, 2.75) is 57.6 Å². The number of hydrogen-bond donors (Lipinski definition) is 1. The Labute approximate surface area is 246 Å². The zero-order chi connectivity index (χ0) is 30.4. The molecule has 0 spiro atoms. The molecule has 1 N–H and O–H groups in total. The molecule has 2 amide bonds. The standard InChI is InChI=1S/C30H35ClFN3O5S/c1-6-40-25-15-13-24(14-16-25)35(41(38,39)26-17-11-23(31)12-18-26)20-28(36)34(19-22-9-7-8-10-27(22)32)21(2)29(37)33-30(3,4)5/h7-18,21H,6,19-20H2,1-5H3,(H,33,37)/t21-/m0/s1. The first-order valence-electron chi connectivity index (χ1n) is 13.1. The number of rotatable bonds is 11. The van der Waals surface area contributed by atoms with Gasteiger partial charge in [0.15, 0.2) is 0 Å². The molecule has 1 atom stereocenters. The molecular weight excluding hydrogens is 569 g/mol. The Bertz CT molecular complexity index is 1460. The maximum absolute atomic E-state index is 14.7. The lowest BCUT2D eigenvalue weighted by molar-refractivity contribution is -0.140. The number of carbonyl (C=O) groups is 2. The number of amides is 2. The van der Waals surface area contributed by atoms with E-state index in [1.54, 1.807) is 39.0 Å². The number of sulfonamides is 1. The number of anilines is 1. The molecule has 0 unspecified atom stereocenters. The predicted octanol–water partition coefficient (Wildman–Crippen LogP) is 5.41. The molecule has 3 aromatic carbocycles. The third-order valence-corrected chi connectivity index (χ3v) is 8.12. The monoisotopic (exact) mass is 603 g/mol. The number of ether oxygens (including phenoxy) is 1. The van der Waals surface area contributed by atoms with Crippen LogP contribution < -0.4 is 14.4 Å². The highest BCUT2D eigenvalue weighted by Crippen LogP contribution is 2.27. The summed E-state index contributed by atoms with van der Waals surface area (Å²) in [7, 11) is -4.27. The lowest BCUT2D eigenvalue weighted by Crippen LogP contribution is -2.54. The van der Waals surface area contributed by atoms with Gasteiger partial charge < -0.3 is 15.0 Å². The van der Waals surface area contributed by atoms with Gasteiger partial charge in [-0.1, -0.05) is 29.8 Å². The van der Waals surface area contributed by atoms with Crippen LogP contribution in [0.25, 0.3) is 0 Å². The van der Waals surface area contributed by atoms with Crippen molar-refractivity contribution >= 4 is 39.1 Å². The second-order valence-electron chi connectivity index (χ2n) is 10.4. The van der Waals surface area contributed by atoms with Crippen molar-refractivity contribution in [3.05, 3.63) is 89.2 Å². The number of hydrogen-bond acceptors (Lipinski definition) is 5. The predicted molar refractivity (Wildman–Crippen MR) is 158 cm³/mol. The minimum absolute atomic E-state index is 0.0808. The van der Waals surface area contributed by atoms with Gasteiger partial charge in [-0.25, -0.2) is 12.8 Å². The summed E-state index contributed by atoms with van der Waals surface area (Å²) in [6.07, 6.45) is 0. The number of benzene rings is 3. The first kappa shape index (κ1) is 31.9. The second kappa shape index (κ2) is 13.4. The average Bonchev–Trinajstić information content (AvgIpc) is 2.90. The van der Waals surface area contributed by atoms with Crippen molar-refractivity contribution in [3.63, 3.8) is 0 Å². The minimum Gasteiger partial charge on any atom is -0.494 e. The van der Waals surface area contributed by atoms with Crippen molar-refractivity contribution in [1.82, 2.24) is 10.2 Å². The van der Waals surface area contributed by atoms with E-state index in [2.05, 4.69) is 5.32 Å². The number of nitrogens with zero attached hydrogens (tertiary/aromatic N) is 2. The second-order valence-corrected chi connectivity index (χ2v) is 12.7. The molecular formula is C30H35ClFN3O5S. The summed E-state index contributed by atoms with van der Waals surface area (Å²) in [5.74, 6) is -1.18. The Balaban J connectivity index is 2.05. The smallest absolute Gasteiger partial charge is 0.264 e. The SMILES string of the molecule is CCOc1ccc(N(CC(=O)N(Cc2ccccc2F)[C@@H](C)C(=O)NC(C)(C)C)S(=O)(=O)c2ccc(Cl)cc2)cc1. The van der Waals surface area contributed by atoms with Gasteiger partial charge in [-0.3, -0.25) is 13.9 Å². The summed E-state index contributed by atoms with van der Waals surface area (Å²) in [6, 6.07) is 16.7. The molecule has 41 heavy (non-hydrogen) atoms. The van der Waals surface area contributed by atoms with Crippen molar-refractivity contribution < 1.29 is 27.1 Å². The van der Waals surface area contributed by atoms with E-state index in [4.69, 9.17) is 16.3 Å². The fourth-order valence-corrected chi connectivity index (χ4v) is 5.54. The molecule has 0 aliphatic rings. The van der Waals surface area contributed by atoms with Crippen LogP contribution in [-0.4, -0.2) is 49.9 Å². The van der Waals surface area contributed by atoms with Crippen LogP contribution in [0.5, 0.6) is 5.75 Å². The molecule has 3 rings (SSSR count). The van der Waals surface area contributed by atoms with Gasteiger partial charge in [0.1, 0.15) is 24.2 Å². The lowest BCUT2D eigenvalue weighted by atomic mass is 10.1. The molecule has 0 fully saturated rings. The lowest BCUT2D eigenvalue weighted by Gasteiger charge is -2.33. The molecule has 0 aliphatic carbocycles. The Hall–Kier alpha value is -3.63. The molecule has 0 aliphatic heterocycles. The highest BCUT2D eigenvalue weighted by atomic mass is 35.5. The summed E-state index contributed by atoms with van der Waals surface area (Å²) in [6.45, 7) is 8.26. The summed E-state index contributed by atoms with van der Waals surface area (Å²) >= 11 is 5.98. The van der Waals surface area contributed by atoms with Crippen molar-refractivity contribution in [1.29, 1.82) is 0 Å². The Morgan fingerprint density at radius 2 is 1.61 bits per heavy atom. The molecule has 0 saturated carbocycles. The molecule has 11 heteroatoms. The maximum atomic E-state index is 14.7. The van der Waals surface area contributed by atoms with E-state index < -0.39 is 45.8 Å². The normalized spacial score (nSPS) is 12.4. The molecule has 0 heterocycles. The van der Waals surface area contributed by atoms with Crippen LogP contribution in [0, 0.1) is 5.82 Å². The summed E-state index contributed by atoms with van der Waals surface area (Å²) < 4.78 is 48.8. The fraction of sp³-hybridized carbons (Fsp3) is 0.333. The van der Waals surface area contributed by atoms with E-state index in [1.165, 1.54) is 66.4 Å². The Morgan fingerprint density at radius 1 is 1.00 bits per heavy atom.